The highest BCUT2D eigenvalue weighted by molar-refractivity contribution is 7.20. The number of carbonyl (C=O) groups is 1. The van der Waals surface area contributed by atoms with Gasteiger partial charge < -0.3 is 14.6 Å². The maximum atomic E-state index is 12.7. The molecule has 1 atom stereocenters. The minimum absolute atomic E-state index is 0.0626. The predicted octanol–water partition coefficient (Wildman–Crippen LogP) is 2.04. The first-order valence-corrected chi connectivity index (χ1v) is 9.42. The third-order valence-electron chi connectivity index (χ3n) is 4.71. The Morgan fingerprint density at radius 1 is 1.36 bits per heavy atom. The van der Waals surface area contributed by atoms with Gasteiger partial charge in [0.1, 0.15) is 10.9 Å². The lowest BCUT2D eigenvalue weighted by Crippen LogP contribution is -2.38. The summed E-state index contributed by atoms with van der Waals surface area (Å²) in [7, 11) is 0. The topological polar surface area (TPSA) is 58.9 Å². The first-order chi connectivity index (χ1) is 12.2. The number of nitrogens with one attached hydrogen (secondary N) is 1. The molecule has 1 fully saturated rings. The fourth-order valence-corrected chi connectivity index (χ4v) is 4.50. The molecule has 6 nitrogen and oxygen atoms in total. The monoisotopic (exact) mass is 358 g/mol. The first kappa shape index (κ1) is 16.5. The van der Waals surface area contributed by atoms with Gasteiger partial charge in [0, 0.05) is 43.5 Å². The minimum Gasteiger partial charge on any atom is -0.379 e. The number of fused-ring (bicyclic) bond motifs is 1. The molecule has 1 unspecified atom stereocenters. The predicted molar refractivity (Wildman–Crippen MR) is 101 cm³/mol. The van der Waals surface area contributed by atoms with Crippen LogP contribution in [0, 0.1) is 6.92 Å². The first-order valence-electron chi connectivity index (χ1n) is 8.61. The molecule has 25 heavy (non-hydrogen) atoms. The number of ether oxygens (including phenoxy) is 1. The lowest BCUT2D eigenvalue weighted by molar-refractivity contribution is 0.0365. The van der Waals surface area contributed by atoms with Gasteiger partial charge in [0.2, 0.25) is 5.78 Å². The van der Waals surface area contributed by atoms with Crippen LogP contribution < -0.4 is 5.32 Å². The molecule has 4 heterocycles. The lowest BCUT2D eigenvalue weighted by atomic mass is 10.1. The number of Topliss-reactive ketones (excluding diaryl/α,β-unsaturated/α-hetero) is 1. The molecule has 132 valence electrons. The third-order valence-corrected chi connectivity index (χ3v) is 5.90. The van der Waals surface area contributed by atoms with E-state index in [9.17, 15) is 4.79 Å². The Hall–Kier alpha value is -1.96. The van der Waals surface area contributed by atoms with Gasteiger partial charge in [-0.1, -0.05) is 0 Å². The van der Waals surface area contributed by atoms with E-state index in [1.807, 2.05) is 6.07 Å². The zero-order valence-electron chi connectivity index (χ0n) is 14.3. The van der Waals surface area contributed by atoms with Crippen LogP contribution in [0.25, 0.3) is 10.2 Å². The number of aryl methyl sites for hydroxylation is 1. The van der Waals surface area contributed by atoms with Crippen LogP contribution in [0.5, 0.6) is 0 Å². The molecule has 0 radical (unpaired) electrons. The van der Waals surface area contributed by atoms with Gasteiger partial charge in [-0.15, -0.1) is 11.3 Å². The molecule has 0 amide bonds. The summed E-state index contributed by atoms with van der Waals surface area (Å²) in [6.07, 6.45) is 5.13. The number of carbonyl (C=O) groups excluding carboxylic acids is 1. The largest absolute Gasteiger partial charge is 0.379 e. The molecule has 1 N–H and O–H groups in total. The fourth-order valence-electron chi connectivity index (χ4n) is 3.30. The van der Waals surface area contributed by atoms with Crippen molar-refractivity contribution >= 4 is 33.7 Å². The van der Waals surface area contributed by atoms with Crippen molar-refractivity contribution in [1.82, 2.24) is 14.8 Å². The molecule has 4 rings (SSSR count). The molecule has 2 aromatic rings. The summed E-state index contributed by atoms with van der Waals surface area (Å²) in [5.41, 5.74) is 1.24. The molecule has 7 heteroatoms. The van der Waals surface area contributed by atoms with Crippen LogP contribution >= 0.6 is 11.3 Å². The smallest absolute Gasteiger partial charge is 0.201 e. The van der Waals surface area contributed by atoms with Gasteiger partial charge in [0.25, 0.3) is 0 Å². The number of aliphatic imine (C=N–C) groups is 1. The minimum atomic E-state index is -0.410. The molecule has 0 aromatic carbocycles. The molecule has 2 aliphatic heterocycles. The van der Waals surface area contributed by atoms with E-state index in [1.165, 1.54) is 10.5 Å². The lowest BCUT2D eigenvalue weighted by Gasteiger charge is -2.26. The van der Waals surface area contributed by atoms with Crippen molar-refractivity contribution in [2.45, 2.75) is 19.5 Å². The molecule has 2 aromatic heterocycles. The second-order valence-corrected chi connectivity index (χ2v) is 7.41. The van der Waals surface area contributed by atoms with E-state index in [1.54, 1.807) is 30.0 Å². The van der Waals surface area contributed by atoms with Crippen molar-refractivity contribution in [3.63, 3.8) is 0 Å². The summed E-state index contributed by atoms with van der Waals surface area (Å²) in [6, 6.07) is 3.77. The summed E-state index contributed by atoms with van der Waals surface area (Å²) in [5.74, 6) is 0.0626. The van der Waals surface area contributed by atoms with Gasteiger partial charge in [-0.2, -0.15) is 0 Å². The maximum Gasteiger partial charge on any atom is 0.201 e. The maximum absolute atomic E-state index is 12.7. The van der Waals surface area contributed by atoms with E-state index in [0.717, 1.165) is 49.7 Å². The highest BCUT2D eigenvalue weighted by atomic mass is 32.1. The van der Waals surface area contributed by atoms with Crippen LogP contribution in [-0.2, 0) is 11.3 Å². The number of aromatic nitrogens is 1. The summed E-state index contributed by atoms with van der Waals surface area (Å²) in [5, 5.41) is 4.02. The second-order valence-electron chi connectivity index (χ2n) is 6.38. The Labute approximate surface area is 150 Å². The summed E-state index contributed by atoms with van der Waals surface area (Å²) in [4.78, 5) is 21.2. The summed E-state index contributed by atoms with van der Waals surface area (Å²) >= 11 is 1.58. The van der Waals surface area contributed by atoms with Gasteiger partial charge in [-0.3, -0.25) is 14.7 Å². The van der Waals surface area contributed by atoms with Gasteiger partial charge in [-0.05, 0) is 25.1 Å². The van der Waals surface area contributed by atoms with E-state index in [4.69, 9.17) is 4.74 Å². The molecule has 1 saturated heterocycles. The van der Waals surface area contributed by atoms with Crippen molar-refractivity contribution in [1.29, 1.82) is 0 Å². The van der Waals surface area contributed by atoms with Gasteiger partial charge >= 0.3 is 0 Å². The quantitative estimate of drug-likeness (QED) is 0.831. The highest BCUT2D eigenvalue weighted by Crippen LogP contribution is 2.30. The number of thiophene rings is 1. The van der Waals surface area contributed by atoms with Gasteiger partial charge in [0.05, 0.1) is 24.4 Å². The van der Waals surface area contributed by atoms with E-state index in [-0.39, 0.29) is 5.78 Å². The Kier molecular flexibility index (Phi) is 4.70. The SMILES string of the molecule is Cc1cc2cc(C(=O)C3C=CNC=N3)sc2n1CCN1CCOCC1. The summed E-state index contributed by atoms with van der Waals surface area (Å²) < 4.78 is 7.74. The highest BCUT2D eigenvalue weighted by Gasteiger charge is 2.21. The average molecular weight is 358 g/mol. The molecule has 0 spiro atoms. The zero-order chi connectivity index (χ0) is 17.2. The number of rotatable bonds is 5. The van der Waals surface area contributed by atoms with Crippen LogP contribution in [0.2, 0.25) is 0 Å². The number of nitrogens with zero attached hydrogens (tertiary/aromatic N) is 3. The second kappa shape index (κ2) is 7.11. The van der Waals surface area contributed by atoms with E-state index >= 15 is 0 Å². The number of ketones is 1. The molecule has 0 saturated carbocycles. The Balaban J connectivity index is 1.53. The van der Waals surface area contributed by atoms with Gasteiger partial charge in [-0.25, -0.2) is 0 Å². The van der Waals surface area contributed by atoms with Crippen molar-refractivity contribution in [3.05, 3.63) is 35.0 Å². The standard InChI is InChI=1S/C18H22N4O2S/c1-13-10-14-11-16(17(23)15-2-3-19-12-20-15)25-18(14)22(13)5-4-21-6-8-24-9-7-21/h2-3,10-12,15H,4-9H2,1H3,(H,19,20). The molecule has 2 aliphatic rings. The number of morpholine rings is 1. The van der Waals surface area contributed by atoms with Crippen LogP contribution in [0.3, 0.4) is 0 Å². The zero-order valence-corrected chi connectivity index (χ0v) is 15.1. The normalized spacial score (nSPS) is 20.9. The summed E-state index contributed by atoms with van der Waals surface area (Å²) in [6.45, 7) is 7.72. The Morgan fingerprint density at radius 3 is 2.96 bits per heavy atom. The van der Waals surface area contributed by atoms with Crippen molar-refractivity contribution < 1.29 is 9.53 Å². The van der Waals surface area contributed by atoms with E-state index < -0.39 is 6.04 Å². The van der Waals surface area contributed by atoms with Crippen LogP contribution in [0.1, 0.15) is 15.4 Å². The van der Waals surface area contributed by atoms with Crippen molar-refractivity contribution in [3.8, 4) is 0 Å². The van der Waals surface area contributed by atoms with Crippen molar-refractivity contribution in [2.24, 2.45) is 4.99 Å². The molecule has 0 bridgehead atoms. The Morgan fingerprint density at radius 2 is 2.20 bits per heavy atom. The Bertz CT molecular complexity index is 818. The van der Waals surface area contributed by atoms with Crippen LogP contribution in [0.15, 0.2) is 29.4 Å². The number of hydrogen-bond acceptors (Lipinski definition) is 6. The average Bonchev–Trinajstić information content (AvgIpc) is 3.18. The third kappa shape index (κ3) is 3.40. The van der Waals surface area contributed by atoms with Crippen LogP contribution in [0.4, 0.5) is 0 Å². The van der Waals surface area contributed by atoms with E-state index in [0.29, 0.717) is 0 Å². The van der Waals surface area contributed by atoms with Crippen molar-refractivity contribution in [2.75, 3.05) is 32.8 Å². The molecule has 0 aliphatic carbocycles. The van der Waals surface area contributed by atoms with Gasteiger partial charge in [0.15, 0.2) is 0 Å². The molecular formula is C18H22N4O2S. The number of hydrogen-bond donors (Lipinski definition) is 1. The van der Waals surface area contributed by atoms with Crippen LogP contribution in [-0.4, -0.2) is 60.5 Å². The molecular weight excluding hydrogens is 336 g/mol. The van der Waals surface area contributed by atoms with E-state index in [2.05, 4.69) is 32.8 Å². The fraction of sp³-hybridized carbons (Fsp3) is 0.444.